The van der Waals surface area contributed by atoms with Gasteiger partial charge in [-0.3, -0.25) is 14.3 Å². The van der Waals surface area contributed by atoms with Gasteiger partial charge in [-0.1, -0.05) is 47.0 Å². The van der Waals surface area contributed by atoms with E-state index in [4.69, 9.17) is 25.8 Å². The van der Waals surface area contributed by atoms with Gasteiger partial charge < -0.3 is 14.2 Å². The molecular weight excluding hydrogens is 495 g/mol. The average molecular weight is 517 g/mol. The molecule has 0 radical (unpaired) electrons. The third-order valence-corrected chi connectivity index (χ3v) is 6.04. The van der Waals surface area contributed by atoms with Crippen LogP contribution in [0.1, 0.15) is 38.1 Å². The fourth-order valence-corrected chi connectivity index (χ4v) is 4.01. The van der Waals surface area contributed by atoms with Crippen LogP contribution in [0.3, 0.4) is 0 Å². The number of aromatic nitrogens is 2. The van der Waals surface area contributed by atoms with Crippen LogP contribution in [0.2, 0.25) is 0 Å². The van der Waals surface area contributed by atoms with Crippen molar-refractivity contribution in [1.29, 1.82) is 0 Å². The number of aromatic amines is 1. The number of hydrogen-bond donors (Lipinski definition) is 1. The molecule has 11 heteroatoms. The third-order valence-electron chi connectivity index (χ3n) is 5.64. The molecule has 2 heterocycles. The molecule has 1 saturated heterocycles. The molecule has 1 aliphatic rings. The van der Waals surface area contributed by atoms with Crippen molar-refractivity contribution in [3.63, 3.8) is 0 Å². The first kappa shape index (κ1) is 25.3. The molecule has 1 fully saturated rings. The second-order valence-electron chi connectivity index (χ2n) is 8.38. The summed E-state index contributed by atoms with van der Waals surface area (Å²) in [5.74, 6) is -1.61. The quantitative estimate of drug-likeness (QED) is 0.395. The molecule has 1 aliphatic heterocycles. The van der Waals surface area contributed by atoms with E-state index in [2.05, 4.69) is 0 Å². The molecule has 4 atom stereocenters. The van der Waals surface area contributed by atoms with Gasteiger partial charge in [0.05, 0.1) is 11.1 Å². The van der Waals surface area contributed by atoms with Crippen molar-refractivity contribution in [1.82, 2.24) is 9.55 Å². The van der Waals surface area contributed by atoms with Crippen LogP contribution in [0.15, 0.2) is 70.4 Å². The molecule has 1 aromatic heterocycles. The largest absolute Gasteiger partial charge is 0.459 e. The van der Waals surface area contributed by atoms with Crippen LogP contribution in [0.4, 0.5) is 4.39 Å². The lowest BCUT2D eigenvalue weighted by Crippen LogP contribution is -2.44. The average Bonchev–Trinajstić information content (AvgIpc) is 3.08. The lowest BCUT2D eigenvalue weighted by atomic mass is 10.1. The van der Waals surface area contributed by atoms with Crippen molar-refractivity contribution in [3.05, 3.63) is 104 Å². The summed E-state index contributed by atoms with van der Waals surface area (Å²) < 4.78 is 33.0. The Hall–Kier alpha value is -3.76. The highest BCUT2D eigenvalue weighted by Crippen LogP contribution is 2.46. The van der Waals surface area contributed by atoms with Crippen molar-refractivity contribution in [2.24, 2.45) is 0 Å². The van der Waals surface area contributed by atoms with E-state index in [1.54, 1.807) is 36.4 Å². The molecule has 2 aromatic carbocycles. The van der Waals surface area contributed by atoms with Gasteiger partial charge in [-0.15, -0.1) is 0 Å². The molecule has 1 N–H and O–H groups in total. The Morgan fingerprint density at radius 3 is 2.11 bits per heavy atom. The first-order valence-corrected chi connectivity index (χ1v) is 11.3. The molecular formula is C25H22ClFN2O7. The zero-order valence-electron chi connectivity index (χ0n) is 19.3. The number of halogens is 2. The van der Waals surface area contributed by atoms with Gasteiger partial charge in [-0.2, -0.15) is 0 Å². The highest BCUT2D eigenvalue weighted by Gasteiger charge is 2.61. The fraction of sp³-hybridized carbons (Fsp3) is 0.280. The van der Waals surface area contributed by atoms with Crippen LogP contribution in [0.25, 0.3) is 0 Å². The number of hydrogen-bond acceptors (Lipinski definition) is 7. The Bertz CT molecular complexity index is 1380. The molecule has 3 aromatic rings. The first-order valence-electron chi connectivity index (χ1n) is 10.9. The molecule has 0 aliphatic carbocycles. The Kier molecular flexibility index (Phi) is 7.09. The maximum absolute atomic E-state index is 16.0. The summed E-state index contributed by atoms with van der Waals surface area (Å²) >= 11 is 6.19. The number of aryl methyl sites for hydroxylation is 2. The van der Waals surface area contributed by atoms with Crippen LogP contribution < -0.4 is 11.2 Å². The van der Waals surface area contributed by atoms with Crippen molar-refractivity contribution < 1.29 is 28.2 Å². The van der Waals surface area contributed by atoms with Gasteiger partial charge in [0.1, 0.15) is 12.7 Å². The minimum atomic E-state index is -2.96. The lowest BCUT2D eigenvalue weighted by molar-refractivity contribution is -0.0601. The van der Waals surface area contributed by atoms with Crippen LogP contribution in [0.5, 0.6) is 0 Å². The molecule has 188 valence electrons. The van der Waals surface area contributed by atoms with Gasteiger partial charge in [0, 0.05) is 12.3 Å². The number of nitrogens with one attached hydrogen (secondary N) is 1. The van der Waals surface area contributed by atoms with Gasteiger partial charge >= 0.3 is 17.6 Å². The zero-order chi connectivity index (χ0) is 26.0. The summed E-state index contributed by atoms with van der Waals surface area (Å²) in [5.41, 5.74) is 0.514. The Balaban J connectivity index is 1.61. The van der Waals surface area contributed by atoms with Gasteiger partial charge in [0.25, 0.3) is 10.7 Å². The van der Waals surface area contributed by atoms with E-state index in [0.717, 1.165) is 28.0 Å². The molecule has 0 amide bonds. The predicted octanol–water partition coefficient (Wildman–Crippen LogP) is 3.04. The smallest absolute Gasteiger partial charge is 0.338 e. The van der Waals surface area contributed by atoms with Crippen LogP contribution in [-0.4, -0.2) is 45.4 Å². The normalized spacial score (nSPS) is 23.3. The van der Waals surface area contributed by atoms with E-state index in [9.17, 15) is 19.2 Å². The number of carbonyl (C=O) groups excluding carboxylic acids is 2. The van der Waals surface area contributed by atoms with E-state index in [1.807, 2.05) is 18.8 Å². The highest BCUT2D eigenvalue weighted by molar-refractivity contribution is 6.23. The number of esters is 2. The lowest BCUT2D eigenvalue weighted by Gasteiger charge is -2.25. The van der Waals surface area contributed by atoms with E-state index in [-0.39, 0.29) is 11.1 Å². The van der Waals surface area contributed by atoms with Gasteiger partial charge in [-0.05, 0) is 38.1 Å². The van der Waals surface area contributed by atoms with E-state index in [1.165, 1.54) is 12.1 Å². The SMILES string of the molecule is Cc1ccc(C(=O)OCC2OC(n3ccc(=O)[nH]c3=O)C(F)(Cl)C2OC(=O)c2ccc(C)cc2)cc1. The van der Waals surface area contributed by atoms with Crippen molar-refractivity contribution >= 4 is 23.5 Å². The first-order chi connectivity index (χ1) is 17.1. The summed E-state index contributed by atoms with van der Waals surface area (Å²) in [6.07, 6.45) is -3.95. The second kappa shape index (κ2) is 10.1. The number of H-pyrrole nitrogens is 1. The third kappa shape index (κ3) is 5.24. The minimum absolute atomic E-state index is 0.133. The molecule has 4 rings (SSSR count). The van der Waals surface area contributed by atoms with Crippen LogP contribution in [0, 0.1) is 13.8 Å². The monoisotopic (exact) mass is 516 g/mol. The standard InChI is InChI=1S/C25H22ClFN2O7/c1-14-3-7-16(8-4-14)21(31)34-13-18-20(36-22(32)17-9-5-15(2)6-10-17)25(26,27)23(35-18)29-12-11-19(30)28-24(29)33/h3-12,18,20,23H,13H2,1-2H3,(H,28,30,33). The topological polar surface area (TPSA) is 117 Å². The Labute approximate surface area is 209 Å². The predicted molar refractivity (Wildman–Crippen MR) is 127 cm³/mol. The summed E-state index contributed by atoms with van der Waals surface area (Å²) in [7, 11) is 0. The maximum atomic E-state index is 16.0. The van der Waals surface area contributed by atoms with Crippen molar-refractivity contribution in [2.45, 2.75) is 37.4 Å². The summed E-state index contributed by atoms with van der Waals surface area (Å²) in [6, 6.07) is 13.9. The maximum Gasteiger partial charge on any atom is 0.338 e. The number of benzene rings is 2. The Morgan fingerprint density at radius 2 is 1.56 bits per heavy atom. The summed E-state index contributed by atoms with van der Waals surface area (Å²) in [4.78, 5) is 51.0. The molecule has 0 spiro atoms. The summed E-state index contributed by atoms with van der Waals surface area (Å²) in [6.45, 7) is 3.15. The van der Waals surface area contributed by atoms with Crippen molar-refractivity contribution in [3.8, 4) is 0 Å². The van der Waals surface area contributed by atoms with Crippen LogP contribution >= 0.6 is 11.6 Å². The molecule has 0 bridgehead atoms. The fourth-order valence-electron chi connectivity index (χ4n) is 3.66. The molecule has 36 heavy (non-hydrogen) atoms. The van der Waals surface area contributed by atoms with E-state index < -0.39 is 53.4 Å². The van der Waals surface area contributed by atoms with Gasteiger partial charge in [0.15, 0.2) is 12.3 Å². The Morgan fingerprint density at radius 1 is 1.00 bits per heavy atom. The highest BCUT2D eigenvalue weighted by atomic mass is 35.5. The number of alkyl halides is 2. The number of carbonyl (C=O) groups is 2. The van der Waals surface area contributed by atoms with Gasteiger partial charge in [0.2, 0.25) is 0 Å². The number of rotatable bonds is 6. The minimum Gasteiger partial charge on any atom is -0.459 e. The van der Waals surface area contributed by atoms with Gasteiger partial charge in [-0.25, -0.2) is 18.8 Å². The molecule has 4 unspecified atom stereocenters. The van der Waals surface area contributed by atoms with E-state index in [0.29, 0.717) is 0 Å². The summed E-state index contributed by atoms with van der Waals surface area (Å²) in [5, 5.41) is -2.96. The number of ether oxygens (including phenoxy) is 3. The molecule has 9 nitrogen and oxygen atoms in total. The zero-order valence-corrected chi connectivity index (χ0v) is 20.0. The van der Waals surface area contributed by atoms with Crippen molar-refractivity contribution in [2.75, 3.05) is 6.61 Å². The second-order valence-corrected chi connectivity index (χ2v) is 8.95. The van der Waals surface area contributed by atoms with Crippen LogP contribution in [-0.2, 0) is 14.2 Å². The molecule has 0 saturated carbocycles. The number of nitrogens with zero attached hydrogens (tertiary/aromatic N) is 1. The van der Waals surface area contributed by atoms with E-state index >= 15 is 4.39 Å².